The lowest BCUT2D eigenvalue weighted by Gasteiger charge is -2.10. The second-order valence-corrected chi connectivity index (χ2v) is 5.46. The second-order valence-electron chi connectivity index (χ2n) is 4.58. The molecular formula is C10H19N5OS. The summed E-state index contributed by atoms with van der Waals surface area (Å²) in [4.78, 5) is 2.15. The highest BCUT2D eigenvalue weighted by Crippen LogP contribution is 2.37. The van der Waals surface area contributed by atoms with Gasteiger partial charge < -0.3 is 4.90 Å². The highest BCUT2D eigenvalue weighted by atomic mass is 32.2. The lowest BCUT2D eigenvalue weighted by Crippen LogP contribution is -2.14. The van der Waals surface area contributed by atoms with Crippen molar-refractivity contribution in [2.45, 2.75) is 25.4 Å². The monoisotopic (exact) mass is 257 g/mol. The summed E-state index contributed by atoms with van der Waals surface area (Å²) in [6.07, 6.45) is 2.46. The van der Waals surface area contributed by atoms with Crippen molar-refractivity contribution in [3.05, 3.63) is 11.8 Å². The molecule has 2 N–H and O–H groups in total. The second kappa shape index (κ2) is 5.26. The minimum atomic E-state index is 0.580. The van der Waals surface area contributed by atoms with Gasteiger partial charge in [-0.2, -0.15) is 5.10 Å². The Morgan fingerprint density at radius 2 is 2.24 bits per heavy atom. The zero-order valence-electron chi connectivity index (χ0n) is 10.5. The Balaban J connectivity index is 2.17. The van der Waals surface area contributed by atoms with E-state index in [1.54, 1.807) is 0 Å². The molecule has 2 rings (SSSR count). The summed E-state index contributed by atoms with van der Waals surface area (Å²) in [6, 6.07) is 2.67. The molecule has 1 aromatic heterocycles. The topological polar surface area (TPSA) is 59.6 Å². The third-order valence-corrected chi connectivity index (χ3v) is 3.15. The van der Waals surface area contributed by atoms with Crippen molar-refractivity contribution in [3.63, 3.8) is 0 Å². The third-order valence-electron chi connectivity index (χ3n) is 2.65. The molecule has 0 bridgehead atoms. The van der Waals surface area contributed by atoms with E-state index >= 15 is 0 Å². The summed E-state index contributed by atoms with van der Waals surface area (Å²) in [6.45, 7) is 0.894. The van der Waals surface area contributed by atoms with Crippen LogP contribution >= 0.6 is 12.2 Å². The number of hydrogen-bond donors (Lipinski definition) is 1. The summed E-state index contributed by atoms with van der Waals surface area (Å²) < 4.78 is 8.49. The lowest BCUT2D eigenvalue weighted by molar-refractivity contribution is 0.382. The van der Waals surface area contributed by atoms with Crippen LogP contribution in [0, 0.1) is 0 Å². The fraction of sp³-hybridized carbons (Fsp3) is 0.700. The maximum Gasteiger partial charge on any atom is 0.162 e. The van der Waals surface area contributed by atoms with Crippen LogP contribution in [0.15, 0.2) is 6.07 Å². The maximum absolute atomic E-state index is 5.04. The minimum absolute atomic E-state index is 0.580. The van der Waals surface area contributed by atoms with Gasteiger partial charge in [-0.15, -0.1) is 0 Å². The molecular weight excluding hydrogens is 238 g/mol. The molecule has 1 fully saturated rings. The molecule has 1 aromatic rings. The summed E-state index contributed by atoms with van der Waals surface area (Å²) in [5.74, 6) is 5.92. The van der Waals surface area contributed by atoms with Gasteiger partial charge in [-0.1, -0.05) is 0 Å². The average molecular weight is 257 g/mol. The fourth-order valence-corrected chi connectivity index (χ4v) is 2.05. The van der Waals surface area contributed by atoms with Gasteiger partial charge in [0.25, 0.3) is 0 Å². The van der Waals surface area contributed by atoms with Gasteiger partial charge in [0.05, 0.1) is 11.7 Å². The average Bonchev–Trinajstić information content (AvgIpc) is 3.01. The zero-order chi connectivity index (χ0) is 12.4. The van der Waals surface area contributed by atoms with Crippen LogP contribution in [0.3, 0.4) is 0 Å². The predicted molar refractivity (Wildman–Crippen MR) is 69.2 cm³/mol. The highest BCUT2D eigenvalue weighted by molar-refractivity contribution is 7.96. The molecule has 6 nitrogen and oxygen atoms in total. The highest BCUT2D eigenvalue weighted by Gasteiger charge is 2.28. The minimum Gasteiger partial charge on any atom is -0.304 e. The Hall–Kier alpha value is -0.760. The molecule has 1 heterocycles. The molecule has 0 aliphatic heterocycles. The van der Waals surface area contributed by atoms with E-state index in [1.807, 2.05) is 11.4 Å². The first-order valence-corrected chi connectivity index (χ1v) is 6.32. The van der Waals surface area contributed by atoms with Gasteiger partial charge in [0, 0.05) is 19.7 Å². The van der Waals surface area contributed by atoms with Crippen LogP contribution in [0.5, 0.6) is 0 Å². The standard InChI is InChI=1S/C10H19N5OS/c1-13(2)7-9-6-10(14(3)17-16-11)12-15(9)8-4-5-8/h6,8H,4-5,7,11H2,1-3H3. The van der Waals surface area contributed by atoms with E-state index in [4.69, 9.17) is 5.90 Å². The van der Waals surface area contributed by atoms with Crippen LogP contribution in [0.4, 0.5) is 5.82 Å². The molecule has 0 radical (unpaired) electrons. The quantitative estimate of drug-likeness (QED) is 0.469. The molecule has 1 saturated carbocycles. The number of anilines is 1. The van der Waals surface area contributed by atoms with Crippen molar-refractivity contribution < 1.29 is 4.28 Å². The first kappa shape index (κ1) is 12.7. The van der Waals surface area contributed by atoms with Crippen molar-refractivity contribution in [3.8, 4) is 0 Å². The van der Waals surface area contributed by atoms with E-state index in [9.17, 15) is 0 Å². The van der Waals surface area contributed by atoms with Crippen LogP contribution in [-0.4, -0.2) is 35.8 Å². The Morgan fingerprint density at radius 3 is 2.76 bits per heavy atom. The molecule has 0 unspecified atom stereocenters. The van der Waals surface area contributed by atoms with Crippen LogP contribution < -0.4 is 10.2 Å². The smallest absolute Gasteiger partial charge is 0.162 e. The van der Waals surface area contributed by atoms with Gasteiger partial charge in [0.1, 0.15) is 12.2 Å². The van der Waals surface area contributed by atoms with Gasteiger partial charge in [-0.25, -0.2) is 10.2 Å². The number of nitrogens with zero attached hydrogens (tertiary/aromatic N) is 4. The van der Waals surface area contributed by atoms with Gasteiger partial charge in [0.15, 0.2) is 5.82 Å². The first-order chi connectivity index (χ1) is 8.11. The molecule has 96 valence electrons. The Morgan fingerprint density at radius 1 is 1.53 bits per heavy atom. The third kappa shape index (κ3) is 3.12. The van der Waals surface area contributed by atoms with E-state index in [2.05, 4.69) is 39.1 Å². The van der Waals surface area contributed by atoms with Crippen LogP contribution in [0.25, 0.3) is 0 Å². The van der Waals surface area contributed by atoms with Crippen molar-refractivity contribution in [1.82, 2.24) is 14.7 Å². The molecule has 1 aliphatic rings. The van der Waals surface area contributed by atoms with E-state index in [0.29, 0.717) is 6.04 Å². The number of aromatic nitrogens is 2. The van der Waals surface area contributed by atoms with E-state index in [-0.39, 0.29) is 0 Å². The maximum atomic E-state index is 5.04. The molecule has 0 saturated heterocycles. The predicted octanol–water partition coefficient (Wildman–Crippen LogP) is 1.17. The first-order valence-electron chi connectivity index (χ1n) is 5.62. The van der Waals surface area contributed by atoms with Crippen molar-refractivity contribution in [2.24, 2.45) is 5.90 Å². The van der Waals surface area contributed by atoms with Gasteiger partial charge in [-0.3, -0.25) is 8.99 Å². The molecule has 0 atom stereocenters. The van der Waals surface area contributed by atoms with E-state index < -0.39 is 0 Å². The largest absolute Gasteiger partial charge is 0.304 e. The summed E-state index contributed by atoms with van der Waals surface area (Å²) in [7, 11) is 6.01. The zero-order valence-corrected chi connectivity index (χ0v) is 11.3. The molecule has 0 spiro atoms. The number of hydrogen-bond acceptors (Lipinski definition) is 6. The van der Waals surface area contributed by atoms with Crippen LogP contribution in [0.2, 0.25) is 0 Å². The number of rotatable bonds is 6. The normalized spacial score (nSPS) is 15.6. The molecule has 7 heteroatoms. The van der Waals surface area contributed by atoms with Gasteiger partial charge >= 0.3 is 0 Å². The summed E-state index contributed by atoms with van der Waals surface area (Å²) in [5, 5.41) is 4.60. The van der Waals surface area contributed by atoms with E-state index in [0.717, 1.165) is 24.6 Å². The Bertz CT molecular complexity index is 377. The summed E-state index contributed by atoms with van der Waals surface area (Å²) in [5.41, 5.74) is 1.23. The fourth-order valence-electron chi connectivity index (χ4n) is 1.75. The lowest BCUT2D eigenvalue weighted by atomic mass is 10.4. The van der Waals surface area contributed by atoms with E-state index in [1.165, 1.54) is 18.5 Å². The van der Waals surface area contributed by atoms with Crippen molar-refractivity contribution >= 4 is 18.0 Å². The van der Waals surface area contributed by atoms with Gasteiger partial charge in [-0.05, 0) is 26.9 Å². The summed E-state index contributed by atoms with van der Waals surface area (Å²) >= 11 is 1.08. The number of nitrogens with two attached hydrogens (primary N) is 1. The van der Waals surface area contributed by atoms with Crippen LogP contribution in [0.1, 0.15) is 24.6 Å². The Labute approximate surface area is 106 Å². The van der Waals surface area contributed by atoms with Crippen molar-refractivity contribution in [1.29, 1.82) is 0 Å². The Kier molecular flexibility index (Phi) is 3.93. The molecule has 17 heavy (non-hydrogen) atoms. The van der Waals surface area contributed by atoms with Crippen molar-refractivity contribution in [2.75, 3.05) is 25.4 Å². The molecule has 0 amide bonds. The van der Waals surface area contributed by atoms with Gasteiger partial charge in [0.2, 0.25) is 0 Å². The SMILES string of the molecule is CN(C)Cc1cc(N(C)SON)nn1C1CC1. The molecule has 1 aliphatic carbocycles. The van der Waals surface area contributed by atoms with Crippen LogP contribution in [-0.2, 0) is 10.8 Å². The molecule has 0 aromatic carbocycles.